The molecule has 0 atom stereocenters. The summed E-state index contributed by atoms with van der Waals surface area (Å²) in [4.78, 5) is 34.2. The van der Waals surface area contributed by atoms with Gasteiger partial charge >= 0.3 is 0 Å². The highest BCUT2D eigenvalue weighted by Crippen LogP contribution is 2.22. The lowest BCUT2D eigenvalue weighted by Gasteiger charge is -2.36. The summed E-state index contributed by atoms with van der Waals surface area (Å²) in [6.07, 6.45) is 5.47. The fourth-order valence-corrected chi connectivity index (χ4v) is 4.21. The molecule has 7 nitrogen and oxygen atoms in total. The van der Waals surface area contributed by atoms with E-state index in [4.69, 9.17) is 0 Å². The number of fused-ring (bicyclic) bond motifs is 2. The maximum atomic E-state index is 13.0. The highest BCUT2D eigenvalue weighted by atomic mass is 16.2. The normalized spacial score (nSPS) is 14.7. The van der Waals surface area contributed by atoms with Crippen molar-refractivity contribution in [2.24, 2.45) is 0 Å². The molecule has 0 spiro atoms. The summed E-state index contributed by atoms with van der Waals surface area (Å²) in [5.41, 5.74) is 3.46. The lowest BCUT2D eigenvalue weighted by Crippen LogP contribution is -2.48. The number of pyridine rings is 1. The van der Waals surface area contributed by atoms with E-state index in [-0.39, 0.29) is 17.5 Å². The van der Waals surface area contributed by atoms with Gasteiger partial charge in [-0.1, -0.05) is 6.07 Å². The number of benzene rings is 1. The zero-order valence-corrected chi connectivity index (χ0v) is 17.7. The van der Waals surface area contributed by atoms with Crippen LogP contribution < -0.4 is 10.5 Å². The number of amides is 1. The number of carbonyl (C=O) groups excluding carboxylic acids is 1. The third-order valence-corrected chi connectivity index (χ3v) is 6.01. The van der Waals surface area contributed by atoms with Crippen LogP contribution in [-0.4, -0.2) is 50.9 Å². The second kappa shape index (κ2) is 7.58. The summed E-state index contributed by atoms with van der Waals surface area (Å²) in [7, 11) is 0. The van der Waals surface area contributed by atoms with E-state index in [1.54, 1.807) is 10.9 Å². The largest absolute Gasteiger partial charge is 0.368 e. The maximum Gasteiger partial charge on any atom is 0.261 e. The first-order valence-electron chi connectivity index (χ1n) is 10.6. The predicted octanol–water partition coefficient (Wildman–Crippen LogP) is 3.19. The minimum atomic E-state index is -0.0121. The van der Waals surface area contributed by atoms with E-state index >= 15 is 0 Å². The van der Waals surface area contributed by atoms with Crippen molar-refractivity contribution >= 4 is 28.0 Å². The number of piperazine rings is 1. The van der Waals surface area contributed by atoms with E-state index < -0.39 is 0 Å². The minimum Gasteiger partial charge on any atom is -0.368 e. The molecule has 3 aromatic heterocycles. The van der Waals surface area contributed by atoms with Crippen LogP contribution in [0.5, 0.6) is 0 Å². The summed E-state index contributed by atoms with van der Waals surface area (Å²) in [6.45, 7) is 6.75. The van der Waals surface area contributed by atoms with Crippen LogP contribution in [-0.2, 0) is 0 Å². The van der Waals surface area contributed by atoms with E-state index in [1.165, 1.54) is 0 Å². The molecule has 31 heavy (non-hydrogen) atoms. The van der Waals surface area contributed by atoms with Gasteiger partial charge in [0.15, 0.2) is 0 Å². The summed E-state index contributed by atoms with van der Waals surface area (Å²) >= 11 is 0. The van der Waals surface area contributed by atoms with E-state index in [2.05, 4.69) is 9.88 Å². The second-order valence-electron chi connectivity index (χ2n) is 8.29. The molecule has 1 aliphatic heterocycles. The van der Waals surface area contributed by atoms with Gasteiger partial charge in [0, 0.05) is 55.8 Å². The van der Waals surface area contributed by atoms with Gasteiger partial charge in [-0.2, -0.15) is 0 Å². The van der Waals surface area contributed by atoms with Gasteiger partial charge in [0.05, 0.1) is 22.8 Å². The molecule has 0 unspecified atom stereocenters. The standard InChI is InChI=1S/C24H25N5O2/c1-17(2)29-16-25-22-14-20(6-7-21(22)24(29)31)26-9-11-27(12-10-26)23(30)18-13-19-5-3-4-8-28(19)15-18/h3-8,13-17H,9-12H2,1-2H3. The van der Waals surface area contributed by atoms with Gasteiger partial charge in [-0.15, -0.1) is 0 Å². The Morgan fingerprint density at radius 3 is 2.58 bits per heavy atom. The summed E-state index contributed by atoms with van der Waals surface area (Å²) in [5, 5.41) is 0.634. The fourth-order valence-electron chi connectivity index (χ4n) is 4.21. The Morgan fingerprint density at radius 1 is 1.03 bits per heavy atom. The highest BCUT2D eigenvalue weighted by Gasteiger charge is 2.23. The Bertz CT molecular complexity index is 1300. The quantitative estimate of drug-likeness (QED) is 0.516. The average molecular weight is 415 g/mol. The van der Waals surface area contributed by atoms with Crippen LogP contribution >= 0.6 is 0 Å². The van der Waals surface area contributed by atoms with Crippen molar-refractivity contribution in [2.45, 2.75) is 19.9 Å². The van der Waals surface area contributed by atoms with Gasteiger partial charge in [-0.3, -0.25) is 14.2 Å². The van der Waals surface area contributed by atoms with Crippen molar-refractivity contribution in [1.82, 2.24) is 18.9 Å². The maximum absolute atomic E-state index is 13.0. The lowest BCUT2D eigenvalue weighted by atomic mass is 10.1. The van der Waals surface area contributed by atoms with E-state index in [0.29, 0.717) is 24.0 Å². The predicted molar refractivity (Wildman–Crippen MR) is 122 cm³/mol. The van der Waals surface area contributed by atoms with Crippen LogP contribution in [0, 0.1) is 0 Å². The first-order valence-corrected chi connectivity index (χ1v) is 10.6. The Morgan fingerprint density at radius 2 is 1.84 bits per heavy atom. The van der Waals surface area contributed by atoms with Crippen LogP contribution in [0.15, 0.2) is 66.0 Å². The van der Waals surface area contributed by atoms with E-state index in [9.17, 15) is 9.59 Å². The van der Waals surface area contributed by atoms with Gasteiger partial charge in [-0.05, 0) is 50.2 Å². The van der Waals surface area contributed by atoms with Gasteiger partial charge in [0.1, 0.15) is 0 Å². The van der Waals surface area contributed by atoms with Crippen LogP contribution in [0.2, 0.25) is 0 Å². The van der Waals surface area contributed by atoms with Crippen molar-refractivity contribution in [2.75, 3.05) is 31.1 Å². The molecule has 0 N–H and O–H groups in total. The lowest BCUT2D eigenvalue weighted by molar-refractivity contribution is 0.0747. The minimum absolute atomic E-state index is 0.0121. The Labute approximate surface area is 180 Å². The molecule has 0 radical (unpaired) electrons. The number of aromatic nitrogens is 3. The molecule has 4 heterocycles. The Balaban J connectivity index is 1.31. The van der Waals surface area contributed by atoms with Gasteiger partial charge in [-0.25, -0.2) is 4.98 Å². The molecule has 1 amide bonds. The van der Waals surface area contributed by atoms with E-state index in [1.807, 2.05) is 78.0 Å². The van der Waals surface area contributed by atoms with Crippen LogP contribution in [0.3, 0.4) is 0 Å². The molecule has 0 saturated carbocycles. The molecule has 0 bridgehead atoms. The van der Waals surface area contributed by atoms with Gasteiger partial charge in [0.25, 0.3) is 11.5 Å². The summed E-state index contributed by atoms with van der Waals surface area (Å²) < 4.78 is 3.62. The number of rotatable bonds is 3. The van der Waals surface area contributed by atoms with Gasteiger partial charge in [0.2, 0.25) is 0 Å². The smallest absolute Gasteiger partial charge is 0.261 e. The van der Waals surface area contributed by atoms with Crippen molar-refractivity contribution in [1.29, 1.82) is 0 Å². The number of hydrogen-bond donors (Lipinski definition) is 0. The van der Waals surface area contributed by atoms with Gasteiger partial charge < -0.3 is 14.2 Å². The fraction of sp³-hybridized carbons (Fsp3) is 0.292. The molecule has 0 aliphatic carbocycles. The monoisotopic (exact) mass is 415 g/mol. The van der Waals surface area contributed by atoms with Crippen LogP contribution in [0.25, 0.3) is 16.4 Å². The third kappa shape index (κ3) is 3.46. The van der Waals surface area contributed by atoms with Crippen LogP contribution in [0.4, 0.5) is 5.69 Å². The molecule has 1 saturated heterocycles. The molecule has 1 aliphatic rings. The molecule has 1 fully saturated rings. The molecule has 158 valence electrons. The zero-order chi connectivity index (χ0) is 21.5. The third-order valence-electron chi connectivity index (χ3n) is 6.01. The number of anilines is 1. The molecular formula is C24H25N5O2. The molecule has 7 heteroatoms. The SMILES string of the molecule is CC(C)n1cnc2cc(N3CCN(C(=O)c4cc5ccccn5c4)CC3)ccc2c1=O. The molecular weight excluding hydrogens is 390 g/mol. The Kier molecular flexibility index (Phi) is 4.73. The first kappa shape index (κ1) is 19.4. The average Bonchev–Trinajstić information content (AvgIpc) is 3.23. The Hall–Kier alpha value is -3.61. The number of carbonyl (C=O) groups is 1. The topological polar surface area (TPSA) is 62.9 Å². The summed E-state index contributed by atoms with van der Waals surface area (Å²) in [5.74, 6) is 0.0674. The highest BCUT2D eigenvalue weighted by molar-refractivity contribution is 5.95. The molecule has 1 aromatic carbocycles. The first-order chi connectivity index (χ1) is 15.0. The zero-order valence-electron chi connectivity index (χ0n) is 17.7. The molecule has 4 aromatic rings. The van der Waals surface area contributed by atoms with E-state index in [0.717, 1.165) is 29.9 Å². The number of hydrogen-bond acceptors (Lipinski definition) is 4. The van der Waals surface area contributed by atoms with Crippen molar-refractivity contribution < 1.29 is 4.79 Å². The second-order valence-corrected chi connectivity index (χ2v) is 8.29. The molecule has 5 rings (SSSR count). The van der Waals surface area contributed by atoms with Crippen LogP contribution in [0.1, 0.15) is 30.2 Å². The van der Waals surface area contributed by atoms with Crippen molar-refractivity contribution in [3.05, 3.63) is 77.1 Å². The van der Waals surface area contributed by atoms with Crippen molar-refractivity contribution in [3.63, 3.8) is 0 Å². The van der Waals surface area contributed by atoms with Crippen molar-refractivity contribution in [3.8, 4) is 0 Å². The summed E-state index contributed by atoms with van der Waals surface area (Å²) in [6, 6.07) is 13.8. The number of nitrogens with zero attached hydrogens (tertiary/aromatic N) is 5.